The van der Waals surface area contributed by atoms with Gasteiger partial charge in [-0.05, 0) is 30.0 Å². The number of ether oxygens (including phenoxy) is 3. The van der Waals surface area contributed by atoms with Crippen molar-refractivity contribution >= 4 is 12.1 Å². The van der Waals surface area contributed by atoms with Crippen LogP contribution in [0.25, 0.3) is 0 Å². The highest BCUT2D eigenvalue weighted by Gasteiger charge is 2.24. The van der Waals surface area contributed by atoms with Gasteiger partial charge in [-0.2, -0.15) is 0 Å². The Bertz CT molecular complexity index is 529. The standard InChI is InChI=1S/C15H19NO5/c1-16-15(18)21-11-6-7-12-10(8-11)4-3-5-13(12)20-9-14(17)19-2/h3-5,11H,6-9H2,1-2H3,(H,16,18). The summed E-state index contributed by atoms with van der Waals surface area (Å²) >= 11 is 0. The Morgan fingerprint density at radius 1 is 1.38 bits per heavy atom. The van der Waals surface area contributed by atoms with Crippen LogP contribution in [0.1, 0.15) is 17.5 Å². The average molecular weight is 293 g/mol. The van der Waals surface area contributed by atoms with Gasteiger partial charge in [0.2, 0.25) is 0 Å². The van der Waals surface area contributed by atoms with E-state index in [0.717, 1.165) is 24.0 Å². The minimum absolute atomic E-state index is 0.106. The Hall–Kier alpha value is -2.24. The lowest BCUT2D eigenvalue weighted by Gasteiger charge is -2.26. The second-order valence-electron chi connectivity index (χ2n) is 4.78. The molecule has 0 saturated carbocycles. The third-order valence-corrected chi connectivity index (χ3v) is 3.44. The number of alkyl carbamates (subject to hydrolysis) is 1. The monoisotopic (exact) mass is 293 g/mol. The summed E-state index contributed by atoms with van der Waals surface area (Å²) in [6.07, 6.45) is 1.58. The Morgan fingerprint density at radius 2 is 2.19 bits per heavy atom. The second-order valence-corrected chi connectivity index (χ2v) is 4.78. The molecule has 1 unspecified atom stereocenters. The number of hydrogen-bond acceptors (Lipinski definition) is 5. The molecule has 0 radical (unpaired) electrons. The molecule has 0 fully saturated rings. The van der Waals surface area contributed by atoms with Gasteiger partial charge in [0.05, 0.1) is 7.11 Å². The molecule has 6 nitrogen and oxygen atoms in total. The van der Waals surface area contributed by atoms with Gasteiger partial charge in [-0.3, -0.25) is 0 Å². The number of rotatable bonds is 4. The maximum Gasteiger partial charge on any atom is 0.407 e. The fourth-order valence-corrected chi connectivity index (χ4v) is 2.38. The van der Waals surface area contributed by atoms with E-state index in [4.69, 9.17) is 9.47 Å². The number of carbonyl (C=O) groups excluding carboxylic acids is 2. The number of esters is 1. The fraction of sp³-hybridized carbons (Fsp3) is 0.467. The minimum Gasteiger partial charge on any atom is -0.482 e. The van der Waals surface area contributed by atoms with Crippen LogP contribution in [-0.2, 0) is 27.1 Å². The maximum absolute atomic E-state index is 11.3. The Labute approximate surface area is 123 Å². The van der Waals surface area contributed by atoms with Crippen molar-refractivity contribution in [2.75, 3.05) is 20.8 Å². The van der Waals surface area contributed by atoms with Gasteiger partial charge < -0.3 is 19.5 Å². The number of carbonyl (C=O) groups is 2. The Balaban J connectivity index is 2.05. The van der Waals surface area contributed by atoms with Crippen molar-refractivity contribution in [2.45, 2.75) is 25.4 Å². The van der Waals surface area contributed by atoms with Gasteiger partial charge in [-0.25, -0.2) is 9.59 Å². The summed E-state index contributed by atoms with van der Waals surface area (Å²) in [7, 11) is 2.87. The van der Waals surface area contributed by atoms with Crippen molar-refractivity contribution in [3.8, 4) is 5.75 Å². The molecular weight excluding hydrogens is 274 g/mol. The first-order valence-corrected chi connectivity index (χ1v) is 6.82. The number of amides is 1. The number of methoxy groups -OCH3 is 1. The third kappa shape index (κ3) is 3.87. The van der Waals surface area contributed by atoms with E-state index >= 15 is 0 Å². The van der Waals surface area contributed by atoms with Gasteiger partial charge in [0.15, 0.2) is 6.61 Å². The van der Waals surface area contributed by atoms with Crippen molar-refractivity contribution in [3.05, 3.63) is 29.3 Å². The van der Waals surface area contributed by atoms with Gasteiger partial charge in [0.1, 0.15) is 11.9 Å². The molecular formula is C15H19NO5. The second kappa shape index (κ2) is 6.97. The van der Waals surface area contributed by atoms with E-state index in [1.807, 2.05) is 18.2 Å². The van der Waals surface area contributed by atoms with Crippen LogP contribution >= 0.6 is 0 Å². The molecule has 0 saturated heterocycles. The molecule has 1 aromatic rings. The Morgan fingerprint density at radius 3 is 2.90 bits per heavy atom. The van der Waals surface area contributed by atoms with Crippen LogP contribution in [0, 0.1) is 0 Å². The van der Waals surface area contributed by atoms with E-state index in [0.29, 0.717) is 12.2 Å². The summed E-state index contributed by atoms with van der Waals surface area (Å²) in [4.78, 5) is 22.4. The summed E-state index contributed by atoms with van der Waals surface area (Å²) in [5, 5.41) is 2.45. The summed E-state index contributed by atoms with van der Waals surface area (Å²) < 4.78 is 15.3. The fourth-order valence-electron chi connectivity index (χ4n) is 2.38. The summed E-state index contributed by atoms with van der Waals surface area (Å²) in [5.74, 6) is 0.278. The molecule has 114 valence electrons. The first-order valence-electron chi connectivity index (χ1n) is 6.82. The molecule has 1 N–H and O–H groups in total. The largest absolute Gasteiger partial charge is 0.482 e. The molecule has 0 bridgehead atoms. The lowest BCUT2D eigenvalue weighted by Crippen LogP contribution is -2.30. The predicted octanol–water partition coefficient (Wildman–Crippen LogP) is 1.45. The van der Waals surface area contributed by atoms with Crippen LogP contribution in [0.2, 0.25) is 0 Å². The summed E-state index contributed by atoms with van der Waals surface area (Å²) in [5.41, 5.74) is 2.15. The smallest absolute Gasteiger partial charge is 0.407 e. The molecule has 1 atom stereocenters. The molecule has 0 aliphatic heterocycles. The zero-order chi connectivity index (χ0) is 15.2. The highest BCUT2D eigenvalue weighted by Crippen LogP contribution is 2.30. The predicted molar refractivity (Wildman–Crippen MR) is 75.3 cm³/mol. The molecule has 1 amide bonds. The van der Waals surface area contributed by atoms with E-state index in [1.54, 1.807) is 0 Å². The van der Waals surface area contributed by atoms with E-state index < -0.39 is 12.1 Å². The van der Waals surface area contributed by atoms with E-state index in [-0.39, 0.29) is 12.7 Å². The van der Waals surface area contributed by atoms with Crippen LogP contribution in [0.4, 0.5) is 4.79 Å². The van der Waals surface area contributed by atoms with E-state index in [1.165, 1.54) is 14.2 Å². The third-order valence-electron chi connectivity index (χ3n) is 3.44. The normalized spacial score (nSPS) is 16.6. The van der Waals surface area contributed by atoms with Crippen LogP contribution < -0.4 is 10.1 Å². The van der Waals surface area contributed by atoms with Gasteiger partial charge in [0, 0.05) is 13.5 Å². The lowest BCUT2D eigenvalue weighted by molar-refractivity contribution is -0.142. The maximum atomic E-state index is 11.3. The van der Waals surface area contributed by atoms with Crippen molar-refractivity contribution in [2.24, 2.45) is 0 Å². The van der Waals surface area contributed by atoms with Crippen LogP contribution in [0.3, 0.4) is 0 Å². The van der Waals surface area contributed by atoms with Crippen molar-refractivity contribution in [1.29, 1.82) is 0 Å². The molecule has 0 heterocycles. The van der Waals surface area contributed by atoms with Crippen molar-refractivity contribution < 1.29 is 23.8 Å². The molecule has 21 heavy (non-hydrogen) atoms. The van der Waals surface area contributed by atoms with Gasteiger partial charge in [-0.1, -0.05) is 12.1 Å². The number of fused-ring (bicyclic) bond motifs is 1. The summed E-state index contributed by atoms with van der Waals surface area (Å²) in [6.45, 7) is -0.106. The molecule has 1 aromatic carbocycles. The van der Waals surface area contributed by atoms with Gasteiger partial charge in [0.25, 0.3) is 0 Å². The minimum atomic E-state index is -0.415. The first-order chi connectivity index (χ1) is 10.1. The molecule has 2 rings (SSSR count). The number of benzene rings is 1. The molecule has 6 heteroatoms. The zero-order valence-corrected chi connectivity index (χ0v) is 12.2. The summed E-state index contributed by atoms with van der Waals surface area (Å²) in [6, 6.07) is 5.69. The Kier molecular flexibility index (Phi) is 5.03. The lowest BCUT2D eigenvalue weighted by atomic mass is 9.89. The highest BCUT2D eigenvalue weighted by atomic mass is 16.6. The molecule has 0 spiro atoms. The molecule has 0 aromatic heterocycles. The van der Waals surface area contributed by atoms with Crippen LogP contribution in [0.15, 0.2) is 18.2 Å². The van der Waals surface area contributed by atoms with Crippen molar-refractivity contribution in [1.82, 2.24) is 5.32 Å². The van der Waals surface area contributed by atoms with E-state index in [2.05, 4.69) is 10.1 Å². The average Bonchev–Trinajstić information content (AvgIpc) is 2.51. The van der Waals surface area contributed by atoms with E-state index in [9.17, 15) is 9.59 Å². The number of nitrogens with one attached hydrogen (secondary N) is 1. The first kappa shape index (κ1) is 15.2. The van der Waals surface area contributed by atoms with Crippen molar-refractivity contribution in [3.63, 3.8) is 0 Å². The zero-order valence-electron chi connectivity index (χ0n) is 12.2. The van der Waals surface area contributed by atoms with Gasteiger partial charge in [-0.15, -0.1) is 0 Å². The number of hydrogen-bond donors (Lipinski definition) is 1. The highest BCUT2D eigenvalue weighted by molar-refractivity contribution is 5.71. The van der Waals surface area contributed by atoms with Crippen LogP contribution in [0.5, 0.6) is 5.75 Å². The topological polar surface area (TPSA) is 73.9 Å². The SMILES string of the molecule is CNC(=O)OC1CCc2c(cccc2OCC(=O)OC)C1. The van der Waals surface area contributed by atoms with Crippen LogP contribution in [-0.4, -0.2) is 38.9 Å². The molecule has 1 aliphatic rings. The van der Waals surface area contributed by atoms with Gasteiger partial charge >= 0.3 is 12.1 Å². The molecule has 1 aliphatic carbocycles. The quantitative estimate of drug-likeness (QED) is 0.851.